The van der Waals surface area contributed by atoms with Gasteiger partial charge in [-0.1, -0.05) is 28.4 Å². The number of anilines is 1. The normalized spacial score (nSPS) is 10.9. The maximum absolute atomic E-state index is 11.8. The summed E-state index contributed by atoms with van der Waals surface area (Å²) in [6.07, 6.45) is 0. The Hall–Kier alpha value is -1.35. The van der Waals surface area contributed by atoms with Gasteiger partial charge in [0.2, 0.25) is 5.91 Å². The van der Waals surface area contributed by atoms with Crippen molar-refractivity contribution in [3.8, 4) is 0 Å². The smallest absolute Gasteiger partial charge is 0.360 e. The number of aromatic nitrogens is 1. The lowest BCUT2D eigenvalue weighted by Gasteiger charge is -2.06. The highest BCUT2D eigenvalue weighted by atomic mass is 35.5. The van der Waals surface area contributed by atoms with Gasteiger partial charge in [-0.2, -0.15) is 0 Å². The molecule has 22 heavy (non-hydrogen) atoms. The zero-order valence-corrected chi connectivity index (χ0v) is 14.4. The number of hydrogen-bond acceptors (Lipinski definition) is 7. The molecule has 7 nitrogen and oxygen atoms in total. The molecule has 0 unspecified atom stereocenters. The highest BCUT2D eigenvalue weighted by molar-refractivity contribution is 7.14. The first-order valence-corrected chi connectivity index (χ1v) is 7.68. The molecule has 0 aromatic carbocycles. The first kappa shape index (κ1) is 18.7. The lowest BCUT2D eigenvalue weighted by Crippen LogP contribution is -2.19. The van der Waals surface area contributed by atoms with Gasteiger partial charge in [-0.15, -0.1) is 22.9 Å². The van der Waals surface area contributed by atoms with Gasteiger partial charge in [-0.25, -0.2) is 9.78 Å². The monoisotopic (exact) mass is 385 g/mol. The Labute approximate surface area is 144 Å². The minimum Gasteiger partial charge on any atom is -0.464 e. The number of carbonyl (C=O) groups excluding carboxylic acids is 2. The molecule has 0 saturated heterocycles. The second-order valence-corrected chi connectivity index (χ2v) is 5.54. The number of oxime groups is 1. The Bertz CT molecular complexity index is 626. The fourth-order valence-electron chi connectivity index (χ4n) is 1.28. The highest BCUT2D eigenvalue weighted by Gasteiger charge is 2.25. The Morgan fingerprint density at radius 3 is 2.59 bits per heavy atom. The van der Waals surface area contributed by atoms with Gasteiger partial charge >= 0.3 is 5.97 Å². The minimum absolute atomic E-state index is 0.0136. The standard InChI is InChI=1S/C11H10Cl3N3O4S/c1-20-10(19)8(17-21-2)7(9(13)14)5-4-22-11(15-5)16-6(18)3-12/h4H,3H2,1-2H3,(H,15,16,18)/b17-8-. The number of ether oxygens (including phenoxy) is 1. The Kier molecular flexibility index (Phi) is 7.60. The van der Waals surface area contributed by atoms with Gasteiger partial charge in [0.15, 0.2) is 10.8 Å². The Morgan fingerprint density at radius 2 is 2.09 bits per heavy atom. The van der Waals surface area contributed by atoms with Gasteiger partial charge in [0.05, 0.1) is 18.4 Å². The molecule has 0 radical (unpaired) electrons. The predicted octanol–water partition coefficient (Wildman–Crippen LogP) is 2.64. The third-order valence-electron chi connectivity index (χ3n) is 2.12. The van der Waals surface area contributed by atoms with E-state index in [1.165, 1.54) is 19.6 Å². The average Bonchev–Trinajstić information content (AvgIpc) is 2.93. The number of nitrogens with one attached hydrogen (secondary N) is 1. The van der Waals surface area contributed by atoms with Gasteiger partial charge in [0, 0.05) is 5.38 Å². The molecule has 1 aromatic heterocycles. The molecule has 0 aliphatic heterocycles. The number of nitrogens with zero attached hydrogens (tertiary/aromatic N) is 2. The molecule has 0 aliphatic rings. The molecule has 0 bridgehead atoms. The van der Waals surface area contributed by atoms with Gasteiger partial charge in [-0.05, 0) is 0 Å². The molecule has 120 valence electrons. The van der Waals surface area contributed by atoms with Crippen LogP contribution in [0.3, 0.4) is 0 Å². The van der Waals surface area contributed by atoms with E-state index in [-0.39, 0.29) is 32.5 Å². The van der Waals surface area contributed by atoms with E-state index in [0.29, 0.717) is 0 Å². The van der Waals surface area contributed by atoms with Crippen LogP contribution in [0, 0.1) is 0 Å². The van der Waals surface area contributed by atoms with Crippen LogP contribution in [0.15, 0.2) is 15.0 Å². The quantitative estimate of drug-likeness (QED) is 0.351. The van der Waals surface area contributed by atoms with Crippen molar-refractivity contribution in [2.45, 2.75) is 0 Å². The van der Waals surface area contributed by atoms with E-state index >= 15 is 0 Å². The van der Waals surface area contributed by atoms with E-state index in [9.17, 15) is 9.59 Å². The van der Waals surface area contributed by atoms with Crippen molar-refractivity contribution in [3.05, 3.63) is 15.6 Å². The van der Waals surface area contributed by atoms with E-state index in [4.69, 9.17) is 34.8 Å². The Morgan fingerprint density at radius 1 is 1.41 bits per heavy atom. The molecule has 0 saturated carbocycles. The summed E-state index contributed by atoms with van der Waals surface area (Å²) in [7, 11) is 2.41. The lowest BCUT2D eigenvalue weighted by atomic mass is 10.1. The zero-order valence-electron chi connectivity index (χ0n) is 11.4. The van der Waals surface area contributed by atoms with E-state index in [2.05, 4.69) is 25.0 Å². The molecule has 0 aliphatic carbocycles. The van der Waals surface area contributed by atoms with Crippen molar-refractivity contribution in [1.82, 2.24) is 4.98 Å². The van der Waals surface area contributed by atoms with E-state index < -0.39 is 11.9 Å². The van der Waals surface area contributed by atoms with Crippen LogP contribution in [-0.2, 0) is 19.2 Å². The number of alkyl halides is 1. The second-order valence-electron chi connectivity index (χ2n) is 3.47. The van der Waals surface area contributed by atoms with Crippen LogP contribution in [-0.4, -0.2) is 42.7 Å². The summed E-state index contributed by atoms with van der Waals surface area (Å²) in [5.74, 6) is -1.45. The minimum atomic E-state index is -0.810. The molecule has 0 spiro atoms. The molecule has 1 rings (SSSR count). The molecular formula is C11H10Cl3N3O4S. The number of thiazole rings is 1. The SMILES string of the molecule is CO/N=C(\C(=O)OC)C(=C(Cl)Cl)c1csc(NC(=O)CCl)n1. The van der Waals surface area contributed by atoms with Crippen molar-refractivity contribution in [2.75, 3.05) is 25.4 Å². The number of rotatable bonds is 6. The molecule has 0 atom stereocenters. The van der Waals surface area contributed by atoms with Crippen LogP contribution in [0.4, 0.5) is 5.13 Å². The number of amides is 1. The van der Waals surface area contributed by atoms with Crippen molar-refractivity contribution in [2.24, 2.45) is 5.16 Å². The van der Waals surface area contributed by atoms with Crippen LogP contribution in [0.25, 0.3) is 5.57 Å². The zero-order chi connectivity index (χ0) is 16.7. The maximum atomic E-state index is 11.8. The first-order chi connectivity index (χ1) is 10.4. The fourth-order valence-corrected chi connectivity index (χ4v) is 2.44. The number of hydrogen-bond donors (Lipinski definition) is 1. The lowest BCUT2D eigenvalue weighted by molar-refractivity contribution is -0.132. The summed E-state index contributed by atoms with van der Waals surface area (Å²) in [5.41, 5.74) is -0.0266. The molecular weight excluding hydrogens is 377 g/mol. The largest absolute Gasteiger partial charge is 0.464 e. The Balaban J connectivity index is 3.23. The van der Waals surface area contributed by atoms with Crippen LogP contribution in [0.1, 0.15) is 5.69 Å². The van der Waals surface area contributed by atoms with Crippen molar-refractivity contribution in [3.63, 3.8) is 0 Å². The summed E-state index contributed by atoms with van der Waals surface area (Å²) in [6, 6.07) is 0. The summed E-state index contributed by atoms with van der Waals surface area (Å²) in [4.78, 5) is 31.7. The first-order valence-electron chi connectivity index (χ1n) is 5.51. The molecule has 1 aromatic rings. The fraction of sp³-hybridized carbons (Fsp3) is 0.273. The van der Waals surface area contributed by atoms with Crippen molar-refractivity contribution in [1.29, 1.82) is 0 Å². The van der Waals surface area contributed by atoms with Gasteiger partial charge < -0.3 is 14.9 Å². The predicted molar refractivity (Wildman–Crippen MR) is 86.5 cm³/mol. The summed E-state index contributed by atoms with van der Waals surface area (Å²) in [6.45, 7) is 0. The number of carbonyl (C=O) groups is 2. The van der Waals surface area contributed by atoms with Gasteiger partial charge in [-0.3, -0.25) is 4.79 Å². The average molecular weight is 387 g/mol. The summed E-state index contributed by atoms with van der Waals surface area (Å²) >= 11 is 18.1. The van der Waals surface area contributed by atoms with Crippen LogP contribution in [0.5, 0.6) is 0 Å². The highest BCUT2D eigenvalue weighted by Crippen LogP contribution is 2.29. The number of methoxy groups -OCH3 is 1. The van der Waals surface area contributed by atoms with Gasteiger partial charge in [0.25, 0.3) is 0 Å². The molecule has 1 N–H and O–H groups in total. The molecule has 1 amide bonds. The second kappa shape index (κ2) is 8.94. The summed E-state index contributed by atoms with van der Waals surface area (Å²) in [5, 5.41) is 7.80. The third kappa shape index (κ3) is 4.84. The van der Waals surface area contributed by atoms with Crippen LogP contribution in [0.2, 0.25) is 0 Å². The van der Waals surface area contributed by atoms with E-state index in [1.54, 1.807) is 0 Å². The van der Waals surface area contributed by atoms with E-state index in [1.807, 2.05) is 0 Å². The number of esters is 1. The topological polar surface area (TPSA) is 89.9 Å². The molecule has 11 heteroatoms. The molecule has 0 fully saturated rings. The van der Waals surface area contributed by atoms with Crippen molar-refractivity contribution < 1.29 is 19.2 Å². The van der Waals surface area contributed by atoms with Crippen LogP contribution < -0.4 is 5.32 Å². The maximum Gasteiger partial charge on any atom is 0.360 e. The third-order valence-corrected chi connectivity index (χ3v) is 3.49. The van der Waals surface area contributed by atoms with Crippen molar-refractivity contribution >= 4 is 74.4 Å². The van der Waals surface area contributed by atoms with Crippen LogP contribution >= 0.6 is 46.1 Å². The molecule has 1 heterocycles. The number of halogens is 3. The van der Waals surface area contributed by atoms with E-state index in [0.717, 1.165) is 11.3 Å². The summed E-state index contributed by atoms with van der Waals surface area (Å²) < 4.78 is 4.33. The van der Waals surface area contributed by atoms with Gasteiger partial charge in [0.1, 0.15) is 17.5 Å².